The summed E-state index contributed by atoms with van der Waals surface area (Å²) < 4.78 is 0. The molecule has 2 heteroatoms. The fourth-order valence-electron chi connectivity index (χ4n) is 1.74. The summed E-state index contributed by atoms with van der Waals surface area (Å²) in [6.07, 6.45) is 0. The molecule has 88 valence electrons. The molecule has 0 saturated carbocycles. The number of benzene rings is 2. The van der Waals surface area contributed by atoms with E-state index < -0.39 is 0 Å². The van der Waals surface area contributed by atoms with Crippen molar-refractivity contribution in [2.45, 2.75) is 5.88 Å². The number of rotatable bonds is 3. The molecule has 1 nitrogen and oxygen atoms in total. The normalized spacial score (nSPS) is 10.3. The zero-order valence-electron chi connectivity index (χ0n) is 10.2. The maximum absolute atomic E-state index is 5.78. The maximum atomic E-state index is 5.78. The van der Waals surface area contributed by atoms with Crippen molar-refractivity contribution in [3.63, 3.8) is 0 Å². The van der Waals surface area contributed by atoms with Gasteiger partial charge in [0.05, 0.1) is 0 Å². The Morgan fingerprint density at radius 3 is 1.71 bits per heavy atom. The summed E-state index contributed by atoms with van der Waals surface area (Å²) in [5.41, 5.74) is 4.83. The van der Waals surface area contributed by atoms with E-state index in [1.807, 2.05) is 14.1 Å². The largest absolute Gasteiger partial charge is 0.378 e. The summed E-state index contributed by atoms with van der Waals surface area (Å²) >= 11 is 5.78. The van der Waals surface area contributed by atoms with Gasteiger partial charge in [-0.3, -0.25) is 0 Å². The van der Waals surface area contributed by atoms with Gasteiger partial charge in [0.15, 0.2) is 0 Å². The molecule has 0 aliphatic rings. The number of hydrogen-bond donors (Lipinski definition) is 0. The van der Waals surface area contributed by atoms with Gasteiger partial charge in [-0.2, -0.15) is 0 Å². The van der Waals surface area contributed by atoms with Crippen molar-refractivity contribution in [2.75, 3.05) is 19.0 Å². The molecule has 0 saturated heterocycles. The molecule has 0 unspecified atom stereocenters. The van der Waals surface area contributed by atoms with E-state index in [-0.39, 0.29) is 0 Å². The van der Waals surface area contributed by atoms with Gasteiger partial charge in [-0.1, -0.05) is 36.4 Å². The SMILES string of the molecule is CN(C)c1ccc(-c2ccc(CCl)cc2)cc1. The topological polar surface area (TPSA) is 3.24 Å². The second kappa shape index (κ2) is 5.24. The lowest BCUT2D eigenvalue weighted by Crippen LogP contribution is -2.07. The predicted molar refractivity (Wildman–Crippen MR) is 75.8 cm³/mol. The third-order valence-corrected chi connectivity index (χ3v) is 3.13. The first-order valence-corrected chi connectivity index (χ1v) is 6.17. The standard InChI is InChI=1S/C15H16ClN/c1-17(2)15-9-7-14(8-10-15)13-5-3-12(11-16)4-6-13/h3-10H,11H2,1-2H3. The summed E-state index contributed by atoms with van der Waals surface area (Å²) in [6, 6.07) is 16.9. The Morgan fingerprint density at radius 2 is 1.29 bits per heavy atom. The lowest BCUT2D eigenvalue weighted by Gasteiger charge is -2.12. The first-order chi connectivity index (χ1) is 8.20. The molecule has 0 aliphatic carbocycles. The van der Waals surface area contributed by atoms with E-state index in [4.69, 9.17) is 11.6 Å². The molecule has 2 aromatic carbocycles. The van der Waals surface area contributed by atoms with Crippen LogP contribution >= 0.6 is 11.6 Å². The van der Waals surface area contributed by atoms with Crippen molar-refractivity contribution < 1.29 is 0 Å². The van der Waals surface area contributed by atoms with Crippen LogP contribution in [-0.2, 0) is 5.88 Å². The van der Waals surface area contributed by atoms with Crippen LogP contribution in [0, 0.1) is 0 Å². The van der Waals surface area contributed by atoms with Crippen molar-refractivity contribution >= 4 is 17.3 Å². The van der Waals surface area contributed by atoms with Gasteiger partial charge in [0.25, 0.3) is 0 Å². The van der Waals surface area contributed by atoms with Crippen LogP contribution in [-0.4, -0.2) is 14.1 Å². The van der Waals surface area contributed by atoms with Crippen LogP contribution in [0.1, 0.15) is 5.56 Å². The molecular weight excluding hydrogens is 230 g/mol. The highest BCUT2D eigenvalue weighted by molar-refractivity contribution is 6.17. The molecule has 0 atom stereocenters. The maximum Gasteiger partial charge on any atom is 0.0474 e. The second-order valence-corrected chi connectivity index (χ2v) is 4.54. The highest BCUT2D eigenvalue weighted by Crippen LogP contribution is 2.23. The molecular formula is C15H16ClN. The van der Waals surface area contributed by atoms with Gasteiger partial charge in [0.1, 0.15) is 0 Å². The van der Waals surface area contributed by atoms with Crippen molar-refractivity contribution in [2.24, 2.45) is 0 Å². The fourth-order valence-corrected chi connectivity index (χ4v) is 1.92. The predicted octanol–water partition coefficient (Wildman–Crippen LogP) is 4.16. The molecule has 0 aliphatic heterocycles. The third-order valence-electron chi connectivity index (χ3n) is 2.83. The molecule has 0 heterocycles. The highest BCUT2D eigenvalue weighted by Gasteiger charge is 1.99. The van der Waals surface area contributed by atoms with Gasteiger partial charge in [-0.15, -0.1) is 11.6 Å². The lowest BCUT2D eigenvalue weighted by atomic mass is 10.0. The average molecular weight is 246 g/mol. The number of anilines is 1. The van der Waals surface area contributed by atoms with E-state index in [0.717, 1.165) is 5.56 Å². The Morgan fingerprint density at radius 1 is 0.824 bits per heavy atom. The molecule has 0 N–H and O–H groups in total. The van der Waals surface area contributed by atoms with Gasteiger partial charge in [0, 0.05) is 25.7 Å². The summed E-state index contributed by atoms with van der Waals surface area (Å²) in [6.45, 7) is 0. The van der Waals surface area contributed by atoms with Crippen molar-refractivity contribution in [1.29, 1.82) is 0 Å². The minimum Gasteiger partial charge on any atom is -0.378 e. The fraction of sp³-hybridized carbons (Fsp3) is 0.200. The summed E-state index contributed by atoms with van der Waals surface area (Å²) in [7, 11) is 4.09. The minimum absolute atomic E-state index is 0.569. The van der Waals surface area contributed by atoms with Gasteiger partial charge >= 0.3 is 0 Å². The zero-order valence-corrected chi connectivity index (χ0v) is 10.9. The number of nitrogens with zero attached hydrogens (tertiary/aromatic N) is 1. The van der Waals surface area contributed by atoms with Crippen molar-refractivity contribution in [3.05, 3.63) is 54.1 Å². The van der Waals surface area contributed by atoms with E-state index >= 15 is 0 Å². The molecule has 0 aromatic heterocycles. The molecule has 0 amide bonds. The Hall–Kier alpha value is -1.47. The molecule has 0 radical (unpaired) electrons. The Balaban J connectivity index is 2.26. The van der Waals surface area contributed by atoms with E-state index in [0.29, 0.717) is 5.88 Å². The van der Waals surface area contributed by atoms with E-state index in [9.17, 15) is 0 Å². The first-order valence-electron chi connectivity index (χ1n) is 5.63. The van der Waals surface area contributed by atoms with Gasteiger partial charge < -0.3 is 4.90 Å². The summed E-state index contributed by atoms with van der Waals surface area (Å²) in [4.78, 5) is 2.10. The quantitative estimate of drug-likeness (QED) is 0.734. The van der Waals surface area contributed by atoms with Crippen LogP contribution in [0.15, 0.2) is 48.5 Å². The van der Waals surface area contributed by atoms with E-state index in [1.165, 1.54) is 16.8 Å². The summed E-state index contributed by atoms with van der Waals surface area (Å²) in [5.74, 6) is 0.569. The molecule has 0 spiro atoms. The van der Waals surface area contributed by atoms with Gasteiger partial charge in [-0.25, -0.2) is 0 Å². The van der Waals surface area contributed by atoms with E-state index in [2.05, 4.69) is 53.4 Å². The Bertz CT molecular complexity index is 471. The van der Waals surface area contributed by atoms with Gasteiger partial charge in [-0.05, 0) is 28.8 Å². The van der Waals surface area contributed by atoms with Crippen LogP contribution < -0.4 is 4.90 Å². The van der Waals surface area contributed by atoms with Crippen LogP contribution in [0.2, 0.25) is 0 Å². The molecule has 2 aromatic rings. The molecule has 0 fully saturated rings. The monoisotopic (exact) mass is 245 g/mol. The Kier molecular flexibility index (Phi) is 3.70. The highest BCUT2D eigenvalue weighted by atomic mass is 35.5. The third kappa shape index (κ3) is 2.80. The Labute approximate surface area is 108 Å². The second-order valence-electron chi connectivity index (χ2n) is 4.27. The molecule has 0 bridgehead atoms. The minimum atomic E-state index is 0.569. The van der Waals surface area contributed by atoms with Crippen LogP contribution in [0.25, 0.3) is 11.1 Å². The van der Waals surface area contributed by atoms with Crippen LogP contribution in [0.4, 0.5) is 5.69 Å². The molecule has 2 rings (SSSR count). The van der Waals surface area contributed by atoms with Gasteiger partial charge in [0.2, 0.25) is 0 Å². The molecule has 17 heavy (non-hydrogen) atoms. The average Bonchev–Trinajstić information content (AvgIpc) is 2.39. The zero-order chi connectivity index (χ0) is 12.3. The number of alkyl halides is 1. The van der Waals surface area contributed by atoms with Crippen molar-refractivity contribution in [3.8, 4) is 11.1 Å². The summed E-state index contributed by atoms with van der Waals surface area (Å²) in [5, 5.41) is 0. The van der Waals surface area contributed by atoms with Crippen LogP contribution in [0.5, 0.6) is 0 Å². The van der Waals surface area contributed by atoms with Crippen molar-refractivity contribution in [1.82, 2.24) is 0 Å². The van der Waals surface area contributed by atoms with E-state index in [1.54, 1.807) is 0 Å². The van der Waals surface area contributed by atoms with Crippen LogP contribution in [0.3, 0.4) is 0 Å². The first kappa shape index (κ1) is 12.0. The number of hydrogen-bond acceptors (Lipinski definition) is 1. The smallest absolute Gasteiger partial charge is 0.0474 e. The number of halogens is 1. The lowest BCUT2D eigenvalue weighted by molar-refractivity contribution is 1.13.